The van der Waals surface area contributed by atoms with E-state index in [1.54, 1.807) is 12.1 Å². The molecule has 7 heteroatoms. The summed E-state index contributed by atoms with van der Waals surface area (Å²) in [6, 6.07) is 7.23. The molecule has 0 aliphatic rings. The van der Waals surface area contributed by atoms with E-state index >= 15 is 0 Å². The van der Waals surface area contributed by atoms with Crippen molar-refractivity contribution in [1.29, 1.82) is 0 Å². The Hall–Kier alpha value is -0.980. The van der Waals surface area contributed by atoms with Gasteiger partial charge in [-0.3, -0.25) is 0 Å². The molecule has 0 aliphatic carbocycles. The molecule has 0 saturated carbocycles. The number of anilines is 3. The van der Waals surface area contributed by atoms with Gasteiger partial charge in [0.1, 0.15) is 11.6 Å². The minimum absolute atomic E-state index is 0.426. The highest BCUT2D eigenvalue weighted by Crippen LogP contribution is 2.32. The van der Waals surface area contributed by atoms with Gasteiger partial charge >= 0.3 is 0 Å². The third-order valence-electron chi connectivity index (χ3n) is 2.12. The van der Waals surface area contributed by atoms with Gasteiger partial charge in [0.05, 0.1) is 15.2 Å². The smallest absolute Gasteiger partial charge is 0.191 e. The van der Waals surface area contributed by atoms with Gasteiger partial charge in [-0.05, 0) is 34.3 Å². The average molecular weight is 346 g/mol. The Morgan fingerprint density at radius 2 is 2.17 bits per heavy atom. The van der Waals surface area contributed by atoms with E-state index in [-0.39, 0.29) is 0 Å². The van der Waals surface area contributed by atoms with Gasteiger partial charge in [0.15, 0.2) is 5.16 Å². The number of nitrogens with two attached hydrogens (primary N) is 1. The molecular formula is C11H10BrClN4S. The van der Waals surface area contributed by atoms with Crippen molar-refractivity contribution in [1.82, 2.24) is 9.97 Å². The summed E-state index contributed by atoms with van der Waals surface area (Å²) in [5, 5.41) is 4.41. The topological polar surface area (TPSA) is 63.8 Å². The highest BCUT2D eigenvalue weighted by Gasteiger charge is 2.06. The summed E-state index contributed by atoms with van der Waals surface area (Å²) in [5.74, 6) is 1.06. The molecule has 0 radical (unpaired) electrons. The molecule has 94 valence electrons. The van der Waals surface area contributed by atoms with Crippen molar-refractivity contribution in [2.45, 2.75) is 5.16 Å². The monoisotopic (exact) mass is 344 g/mol. The van der Waals surface area contributed by atoms with E-state index in [0.717, 1.165) is 10.2 Å². The Labute approximate surface area is 122 Å². The van der Waals surface area contributed by atoms with Gasteiger partial charge in [-0.2, -0.15) is 0 Å². The molecule has 0 spiro atoms. The Balaban J connectivity index is 2.34. The Morgan fingerprint density at radius 3 is 2.89 bits per heavy atom. The number of benzene rings is 1. The van der Waals surface area contributed by atoms with E-state index in [1.807, 2.05) is 18.4 Å². The summed E-state index contributed by atoms with van der Waals surface area (Å²) >= 11 is 10.9. The van der Waals surface area contributed by atoms with Gasteiger partial charge in [0.2, 0.25) is 0 Å². The summed E-state index contributed by atoms with van der Waals surface area (Å²) < 4.78 is 0.787. The van der Waals surface area contributed by atoms with Crippen LogP contribution in [-0.4, -0.2) is 16.2 Å². The molecule has 0 fully saturated rings. The van der Waals surface area contributed by atoms with Gasteiger partial charge in [-0.15, -0.1) is 0 Å². The molecule has 1 heterocycles. The lowest BCUT2D eigenvalue weighted by atomic mass is 10.3. The fraction of sp³-hybridized carbons (Fsp3) is 0.0909. The van der Waals surface area contributed by atoms with E-state index in [0.29, 0.717) is 21.8 Å². The molecule has 0 saturated heterocycles. The van der Waals surface area contributed by atoms with Crippen LogP contribution in [-0.2, 0) is 0 Å². The molecule has 18 heavy (non-hydrogen) atoms. The predicted octanol–water partition coefficient (Wildman–Crippen LogP) is 3.94. The van der Waals surface area contributed by atoms with Gasteiger partial charge in [-0.1, -0.05) is 29.4 Å². The molecule has 0 amide bonds. The van der Waals surface area contributed by atoms with Crippen LogP contribution < -0.4 is 11.1 Å². The molecule has 2 aromatic rings. The fourth-order valence-electron chi connectivity index (χ4n) is 1.34. The quantitative estimate of drug-likeness (QED) is 0.651. The fourth-order valence-corrected chi connectivity index (χ4v) is 2.26. The van der Waals surface area contributed by atoms with E-state index in [1.165, 1.54) is 11.8 Å². The number of rotatable bonds is 3. The van der Waals surface area contributed by atoms with Gasteiger partial charge in [-0.25, -0.2) is 9.97 Å². The molecule has 2 rings (SSSR count). The normalized spacial score (nSPS) is 10.4. The van der Waals surface area contributed by atoms with Gasteiger partial charge in [0, 0.05) is 6.07 Å². The number of aromatic nitrogens is 2. The third-order valence-corrected chi connectivity index (χ3v) is 4.07. The SMILES string of the molecule is CSc1nc(N)cc(Nc2cccc(Cl)c2Br)n1. The minimum Gasteiger partial charge on any atom is -0.383 e. The first-order chi connectivity index (χ1) is 8.60. The number of nitrogens with one attached hydrogen (secondary N) is 1. The second kappa shape index (κ2) is 5.77. The molecule has 0 bridgehead atoms. The molecule has 1 aromatic heterocycles. The van der Waals surface area contributed by atoms with Crippen molar-refractivity contribution in [3.05, 3.63) is 33.8 Å². The maximum absolute atomic E-state index is 6.02. The van der Waals surface area contributed by atoms with Crippen LogP contribution >= 0.6 is 39.3 Å². The maximum Gasteiger partial charge on any atom is 0.191 e. The number of hydrogen-bond acceptors (Lipinski definition) is 5. The number of hydrogen-bond donors (Lipinski definition) is 2. The minimum atomic E-state index is 0.426. The van der Waals surface area contributed by atoms with Crippen molar-refractivity contribution in [3.8, 4) is 0 Å². The first kappa shape index (κ1) is 13.5. The Morgan fingerprint density at radius 1 is 1.39 bits per heavy atom. The number of nitrogens with zero attached hydrogens (tertiary/aromatic N) is 2. The van der Waals surface area contributed by atoms with Crippen molar-refractivity contribution in [2.75, 3.05) is 17.3 Å². The zero-order chi connectivity index (χ0) is 13.1. The van der Waals surface area contributed by atoms with Crippen LogP contribution in [0.4, 0.5) is 17.3 Å². The second-order valence-corrected chi connectivity index (χ2v) is 5.36. The number of thioether (sulfide) groups is 1. The van der Waals surface area contributed by atoms with Gasteiger partial charge < -0.3 is 11.1 Å². The van der Waals surface area contributed by atoms with Crippen molar-refractivity contribution in [2.24, 2.45) is 0 Å². The van der Waals surface area contributed by atoms with E-state index in [4.69, 9.17) is 17.3 Å². The molecule has 0 aliphatic heterocycles. The van der Waals surface area contributed by atoms with Crippen LogP contribution in [0.15, 0.2) is 33.9 Å². The summed E-state index contributed by atoms with van der Waals surface area (Å²) in [5.41, 5.74) is 6.54. The van der Waals surface area contributed by atoms with Crippen LogP contribution in [0.25, 0.3) is 0 Å². The maximum atomic E-state index is 6.02. The summed E-state index contributed by atoms with van der Waals surface area (Å²) in [6.07, 6.45) is 1.90. The lowest BCUT2D eigenvalue weighted by molar-refractivity contribution is 0.984. The molecule has 0 atom stereocenters. The first-order valence-corrected chi connectivity index (χ1v) is 7.39. The molecule has 3 N–H and O–H groups in total. The Kier molecular flexibility index (Phi) is 4.31. The molecule has 1 aromatic carbocycles. The highest BCUT2D eigenvalue weighted by molar-refractivity contribution is 9.10. The van der Waals surface area contributed by atoms with Crippen molar-refractivity contribution >= 4 is 56.6 Å². The Bertz CT molecular complexity index is 579. The molecule has 4 nitrogen and oxygen atoms in total. The third kappa shape index (κ3) is 3.07. The number of halogens is 2. The van der Waals surface area contributed by atoms with Crippen LogP contribution in [0, 0.1) is 0 Å². The van der Waals surface area contributed by atoms with E-state index in [2.05, 4.69) is 31.2 Å². The van der Waals surface area contributed by atoms with E-state index < -0.39 is 0 Å². The molecular weight excluding hydrogens is 336 g/mol. The van der Waals surface area contributed by atoms with Crippen LogP contribution in [0.1, 0.15) is 0 Å². The lowest BCUT2D eigenvalue weighted by Gasteiger charge is -2.09. The summed E-state index contributed by atoms with van der Waals surface area (Å²) in [4.78, 5) is 8.40. The number of nitrogen functional groups attached to an aromatic ring is 1. The zero-order valence-corrected chi connectivity index (χ0v) is 12.6. The molecule has 0 unspecified atom stereocenters. The lowest BCUT2D eigenvalue weighted by Crippen LogP contribution is -2.00. The summed E-state index contributed by atoms with van der Waals surface area (Å²) in [6.45, 7) is 0. The highest BCUT2D eigenvalue weighted by atomic mass is 79.9. The average Bonchev–Trinajstić information content (AvgIpc) is 2.34. The predicted molar refractivity (Wildman–Crippen MR) is 80.7 cm³/mol. The van der Waals surface area contributed by atoms with Gasteiger partial charge in [0.25, 0.3) is 0 Å². The first-order valence-electron chi connectivity index (χ1n) is 4.99. The van der Waals surface area contributed by atoms with Crippen molar-refractivity contribution in [3.63, 3.8) is 0 Å². The zero-order valence-electron chi connectivity index (χ0n) is 9.45. The largest absolute Gasteiger partial charge is 0.383 e. The van der Waals surface area contributed by atoms with E-state index in [9.17, 15) is 0 Å². The van der Waals surface area contributed by atoms with Crippen LogP contribution in [0.2, 0.25) is 5.02 Å². The summed E-state index contributed by atoms with van der Waals surface area (Å²) in [7, 11) is 0. The van der Waals surface area contributed by atoms with Crippen molar-refractivity contribution < 1.29 is 0 Å². The second-order valence-electron chi connectivity index (χ2n) is 3.39. The van der Waals surface area contributed by atoms with Crippen LogP contribution in [0.3, 0.4) is 0 Å². The standard InChI is InChI=1S/C11H10BrClN4S/c1-18-11-16-8(14)5-9(17-11)15-7-4-2-3-6(13)10(7)12/h2-5H,1H3,(H3,14,15,16,17). The van der Waals surface area contributed by atoms with Crippen LogP contribution in [0.5, 0.6) is 0 Å².